The normalized spacial score (nSPS) is 12.3. The van der Waals surface area contributed by atoms with Gasteiger partial charge < -0.3 is 15.0 Å². The number of esters is 1. The molecule has 102 valence electrons. The fourth-order valence-electron chi connectivity index (χ4n) is 1.81. The maximum atomic E-state index is 11.5. The van der Waals surface area contributed by atoms with Gasteiger partial charge >= 0.3 is 5.97 Å². The summed E-state index contributed by atoms with van der Waals surface area (Å²) in [4.78, 5) is 19.9. The number of aromatic nitrogens is 2. The highest BCUT2D eigenvalue weighted by Gasteiger charge is 2.17. The average Bonchev–Trinajstić information content (AvgIpc) is 3.05. The molecular formula is C13H17N3O2S. The molecule has 0 amide bonds. The molecule has 2 heterocycles. The Labute approximate surface area is 116 Å². The van der Waals surface area contributed by atoms with Crippen LogP contribution in [-0.4, -0.2) is 23.0 Å². The van der Waals surface area contributed by atoms with E-state index in [2.05, 4.69) is 15.3 Å². The molecule has 2 N–H and O–H groups in total. The van der Waals surface area contributed by atoms with E-state index in [1.165, 1.54) is 7.11 Å². The molecule has 1 unspecified atom stereocenters. The van der Waals surface area contributed by atoms with Crippen LogP contribution in [0.15, 0.2) is 23.7 Å². The molecule has 0 aliphatic rings. The Morgan fingerprint density at radius 2 is 2.47 bits per heavy atom. The third kappa shape index (κ3) is 3.90. The molecule has 0 aliphatic heterocycles. The Kier molecular flexibility index (Phi) is 4.70. The van der Waals surface area contributed by atoms with Crippen molar-refractivity contribution in [2.75, 3.05) is 7.11 Å². The number of rotatable bonds is 6. The lowest BCUT2D eigenvalue weighted by molar-refractivity contribution is -0.141. The second kappa shape index (κ2) is 6.49. The molecule has 19 heavy (non-hydrogen) atoms. The lowest BCUT2D eigenvalue weighted by Gasteiger charge is -2.15. The standard InChI is InChI=1S/C13H17N3O2S/c1-9-14-7-10(16-9)8-15-11(6-13(17)18-2)12-4-3-5-19-12/h3-5,7,11,15H,6,8H2,1-2H3,(H,14,16). The molecule has 1 atom stereocenters. The summed E-state index contributed by atoms with van der Waals surface area (Å²) in [6, 6.07) is 3.96. The molecule has 0 fully saturated rings. The topological polar surface area (TPSA) is 67.0 Å². The van der Waals surface area contributed by atoms with Crippen LogP contribution in [0.5, 0.6) is 0 Å². The molecule has 0 saturated heterocycles. The van der Waals surface area contributed by atoms with Crippen molar-refractivity contribution in [3.05, 3.63) is 40.1 Å². The maximum Gasteiger partial charge on any atom is 0.307 e. The summed E-state index contributed by atoms with van der Waals surface area (Å²) < 4.78 is 4.74. The van der Waals surface area contributed by atoms with E-state index in [1.54, 1.807) is 17.5 Å². The summed E-state index contributed by atoms with van der Waals surface area (Å²) in [6.07, 6.45) is 2.12. The van der Waals surface area contributed by atoms with Crippen molar-refractivity contribution in [3.8, 4) is 0 Å². The van der Waals surface area contributed by atoms with Crippen LogP contribution in [0.3, 0.4) is 0 Å². The van der Waals surface area contributed by atoms with Crippen LogP contribution in [0.2, 0.25) is 0 Å². The number of nitrogens with one attached hydrogen (secondary N) is 2. The molecule has 0 spiro atoms. The van der Waals surface area contributed by atoms with E-state index in [0.29, 0.717) is 13.0 Å². The molecule has 0 saturated carbocycles. The van der Waals surface area contributed by atoms with E-state index in [1.807, 2.05) is 24.4 Å². The van der Waals surface area contributed by atoms with Gasteiger partial charge in [-0.2, -0.15) is 0 Å². The number of nitrogens with zero attached hydrogens (tertiary/aromatic N) is 1. The number of hydrogen-bond acceptors (Lipinski definition) is 5. The van der Waals surface area contributed by atoms with Crippen LogP contribution in [0, 0.1) is 6.92 Å². The zero-order valence-corrected chi connectivity index (χ0v) is 11.8. The third-order valence-electron chi connectivity index (χ3n) is 2.78. The van der Waals surface area contributed by atoms with Gasteiger partial charge in [-0.1, -0.05) is 6.07 Å². The third-order valence-corrected chi connectivity index (χ3v) is 3.77. The van der Waals surface area contributed by atoms with Crippen LogP contribution < -0.4 is 5.32 Å². The minimum atomic E-state index is -0.216. The average molecular weight is 279 g/mol. The Morgan fingerprint density at radius 3 is 3.05 bits per heavy atom. The first-order valence-electron chi connectivity index (χ1n) is 6.03. The van der Waals surface area contributed by atoms with Crippen molar-refractivity contribution >= 4 is 17.3 Å². The van der Waals surface area contributed by atoms with Crippen LogP contribution in [0.4, 0.5) is 0 Å². The highest BCUT2D eigenvalue weighted by molar-refractivity contribution is 7.10. The Hall–Kier alpha value is -1.66. The zero-order valence-electron chi connectivity index (χ0n) is 11.0. The van der Waals surface area contributed by atoms with E-state index in [4.69, 9.17) is 4.74 Å². The number of aryl methyl sites for hydroxylation is 1. The quantitative estimate of drug-likeness (QED) is 0.795. The number of H-pyrrole nitrogens is 1. The van der Waals surface area contributed by atoms with Crippen LogP contribution >= 0.6 is 11.3 Å². The number of imidazole rings is 1. The van der Waals surface area contributed by atoms with E-state index >= 15 is 0 Å². The summed E-state index contributed by atoms with van der Waals surface area (Å²) in [7, 11) is 1.41. The monoisotopic (exact) mass is 279 g/mol. The van der Waals surface area contributed by atoms with Gasteiger partial charge in [-0.15, -0.1) is 11.3 Å². The number of thiophene rings is 1. The zero-order chi connectivity index (χ0) is 13.7. The summed E-state index contributed by atoms with van der Waals surface area (Å²) in [5, 5.41) is 5.36. The lowest BCUT2D eigenvalue weighted by atomic mass is 10.1. The van der Waals surface area contributed by atoms with Crippen molar-refractivity contribution in [1.82, 2.24) is 15.3 Å². The number of ether oxygens (including phenoxy) is 1. The molecule has 5 nitrogen and oxygen atoms in total. The predicted molar refractivity (Wildman–Crippen MR) is 73.9 cm³/mol. The SMILES string of the molecule is COC(=O)CC(NCc1cnc(C)[nH]1)c1cccs1. The van der Waals surface area contributed by atoms with Gasteiger partial charge in [-0.05, 0) is 18.4 Å². The number of methoxy groups -OCH3 is 1. The molecule has 6 heteroatoms. The number of aromatic amines is 1. The lowest BCUT2D eigenvalue weighted by Crippen LogP contribution is -2.23. The first-order chi connectivity index (χ1) is 9.19. The Morgan fingerprint density at radius 1 is 1.63 bits per heavy atom. The van der Waals surface area contributed by atoms with Gasteiger partial charge in [-0.3, -0.25) is 4.79 Å². The molecule has 0 aromatic carbocycles. The van der Waals surface area contributed by atoms with E-state index in [9.17, 15) is 4.79 Å². The minimum Gasteiger partial charge on any atom is -0.469 e. The highest BCUT2D eigenvalue weighted by Crippen LogP contribution is 2.22. The molecule has 2 rings (SSSR count). The predicted octanol–water partition coefficient (Wildman–Crippen LogP) is 2.17. The van der Waals surface area contributed by atoms with Gasteiger partial charge in [0, 0.05) is 23.3 Å². The van der Waals surface area contributed by atoms with Crippen molar-refractivity contribution in [1.29, 1.82) is 0 Å². The number of carbonyl (C=O) groups is 1. The molecule has 0 radical (unpaired) electrons. The van der Waals surface area contributed by atoms with E-state index in [-0.39, 0.29) is 12.0 Å². The number of carbonyl (C=O) groups excluding carboxylic acids is 1. The second-order valence-corrected chi connectivity index (χ2v) is 5.20. The number of hydrogen-bond donors (Lipinski definition) is 2. The van der Waals surface area contributed by atoms with E-state index in [0.717, 1.165) is 16.4 Å². The van der Waals surface area contributed by atoms with Gasteiger partial charge in [0.15, 0.2) is 0 Å². The van der Waals surface area contributed by atoms with Gasteiger partial charge in [0.1, 0.15) is 5.82 Å². The smallest absolute Gasteiger partial charge is 0.307 e. The van der Waals surface area contributed by atoms with Gasteiger partial charge in [0.25, 0.3) is 0 Å². The first-order valence-corrected chi connectivity index (χ1v) is 6.91. The highest BCUT2D eigenvalue weighted by atomic mass is 32.1. The van der Waals surface area contributed by atoms with Crippen molar-refractivity contribution in [3.63, 3.8) is 0 Å². The maximum absolute atomic E-state index is 11.5. The minimum absolute atomic E-state index is 0.0314. The molecule has 2 aromatic rings. The second-order valence-electron chi connectivity index (χ2n) is 4.22. The summed E-state index contributed by atoms with van der Waals surface area (Å²) >= 11 is 1.63. The molecule has 0 bridgehead atoms. The fraction of sp³-hybridized carbons (Fsp3) is 0.385. The molecular weight excluding hydrogens is 262 g/mol. The van der Waals surface area contributed by atoms with Crippen molar-refractivity contribution in [2.24, 2.45) is 0 Å². The fourth-order valence-corrected chi connectivity index (χ4v) is 2.61. The summed E-state index contributed by atoms with van der Waals surface area (Å²) in [6.45, 7) is 2.55. The van der Waals surface area contributed by atoms with Crippen LogP contribution in [0.25, 0.3) is 0 Å². The summed E-state index contributed by atoms with van der Waals surface area (Å²) in [5.41, 5.74) is 1.00. The van der Waals surface area contributed by atoms with Gasteiger partial charge in [0.2, 0.25) is 0 Å². The van der Waals surface area contributed by atoms with E-state index < -0.39 is 0 Å². The first kappa shape index (κ1) is 13.8. The molecule has 0 aliphatic carbocycles. The summed E-state index contributed by atoms with van der Waals surface area (Å²) in [5.74, 6) is 0.670. The Bertz CT molecular complexity index is 522. The van der Waals surface area contributed by atoms with Gasteiger partial charge in [-0.25, -0.2) is 4.98 Å². The Balaban J connectivity index is 1.99. The molecule has 2 aromatic heterocycles. The van der Waals surface area contributed by atoms with Crippen LogP contribution in [-0.2, 0) is 16.1 Å². The van der Waals surface area contributed by atoms with Gasteiger partial charge in [0.05, 0.1) is 19.6 Å². The van der Waals surface area contributed by atoms with Crippen LogP contribution in [0.1, 0.15) is 28.9 Å². The van der Waals surface area contributed by atoms with Crippen molar-refractivity contribution < 1.29 is 9.53 Å². The largest absolute Gasteiger partial charge is 0.469 e. The van der Waals surface area contributed by atoms with Crippen molar-refractivity contribution in [2.45, 2.75) is 25.9 Å².